The van der Waals surface area contributed by atoms with Crippen LogP contribution in [0.5, 0.6) is 11.5 Å². The van der Waals surface area contributed by atoms with Crippen molar-refractivity contribution in [3.8, 4) is 11.5 Å². The second kappa shape index (κ2) is 8.31. The first kappa shape index (κ1) is 19.1. The third kappa shape index (κ3) is 3.99. The van der Waals surface area contributed by atoms with Gasteiger partial charge < -0.3 is 14.4 Å². The molecule has 1 fully saturated rings. The Morgan fingerprint density at radius 3 is 2.23 bits per heavy atom. The molecule has 0 bridgehead atoms. The molecule has 2 aromatic rings. The van der Waals surface area contributed by atoms with Gasteiger partial charge in [-0.25, -0.2) is 0 Å². The molecule has 0 spiro atoms. The molecule has 5 heteroatoms. The fourth-order valence-corrected chi connectivity index (χ4v) is 3.90. The molecule has 26 heavy (non-hydrogen) atoms. The zero-order valence-electron chi connectivity index (χ0n) is 16.0. The van der Waals surface area contributed by atoms with Crippen LogP contribution in [0.15, 0.2) is 34.8 Å². The normalized spacial score (nSPS) is 15.2. The highest BCUT2D eigenvalue weighted by Crippen LogP contribution is 2.30. The van der Waals surface area contributed by atoms with Crippen molar-refractivity contribution >= 4 is 21.6 Å². The van der Waals surface area contributed by atoms with Crippen LogP contribution in [0.2, 0.25) is 0 Å². The highest BCUT2D eigenvalue weighted by atomic mass is 79.9. The molecular formula is C21H27BrN2O2. The summed E-state index contributed by atoms with van der Waals surface area (Å²) in [4.78, 5) is 4.96. The van der Waals surface area contributed by atoms with Gasteiger partial charge in [0.05, 0.1) is 18.7 Å². The van der Waals surface area contributed by atoms with Gasteiger partial charge in [-0.3, -0.25) is 4.90 Å². The molecule has 1 aliphatic rings. The number of nitrogens with zero attached hydrogens (tertiary/aromatic N) is 2. The van der Waals surface area contributed by atoms with E-state index in [9.17, 15) is 0 Å². The lowest BCUT2D eigenvalue weighted by Gasteiger charge is -2.36. The summed E-state index contributed by atoms with van der Waals surface area (Å²) < 4.78 is 11.8. The molecule has 0 amide bonds. The van der Waals surface area contributed by atoms with Crippen LogP contribution in [0.4, 0.5) is 5.69 Å². The quantitative estimate of drug-likeness (QED) is 0.717. The van der Waals surface area contributed by atoms with Gasteiger partial charge in [0.1, 0.15) is 11.5 Å². The van der Waals surface area contributed by atoms with E-state index in [1.54, 1.807) is 14.2 Å². The number of ether oxygens (including phenoxy) is 2. The van der Waals surface area contributed by atoms with E-state index in [1.165, 1.54) is 22.4 Å². The molecule has 0 aliphatic carbocycles. The number of methoxy groups -OCH3 is 2. The largest absolute Gasteiger partial charge is 0.496 e. The molecule has 0 unspecified atom stereocenters. The summed E-state index contributed by atoms with van der Waals surface area (Å²) in [6.07, 6.45) is 0. The van der Waals surface area contributed by atoms with E-state index in [4.69, 9.17) is 9.47 Å². The Morgan fingerprint density at radius 2 is 1.58 bits per heavy atom. The number of rotatable bonds is 5. The average molecular weight is 419 g/mol. The molecule has 0 saturated carbocycles. The van der Waals surface area contributed by atoms with E-state index < -0.39 is 0 Å². The number of hydrogen-bond acceptors (Lipinski definition) is 4. The Morgan fingerprint density at radius 1 is 0.885 bits per heavy atom. The topological polar surface area (TPSA) is 24.9 Å². The van der Waals surface area contributed by atoms with Crippen LogP contribution in [-0.4, -0.2) is 45.3 Å². The molecular weight excluding hydrogens is 392 g/mol. The van der Waals surface area contributed by atoms with Gasteiger partial charge in [-0.15, -0.1) is 0 Å². The lowest BCUT2D eigenvalue weighted by atomic mass is 10.0. The summed E-state index contributed by atoms with van der Waals surface area (Å²) in [6.45, 7) is 9.49. The fourth-order valence-electron chi connectivity index (χ4n) is 3.49. The first-order valence-electron chi connectivity index (χ1n) is 8.97. The van der Waals surface area contributed by atoms with Crippen molar-refractivity contribution in [1.82, 2.24) is 4.90 Å². The molecule has 0 radical (unpaired) electrons. The molecule has 4 nitrogen and oxygen atoms in total. The maximum absolute atomic E-state index is 5.43. The van der Waals surface area contributed by atoms with Crippen LogP contribution >= 0.6 is 15.9 Å². The van der Waals surface area contributed by atoms with E-state index in [-0.39, 0.29) is 0 Å². The van der Waals surface area contributed by atoms with Crippen LogP contribution in [0.25, 0.3) is 0 Å². The zero-order chi connectivity index (χ0) is 18.7. The molecule has 0 N–H and O–H groups in total. The molecule has 2 aromatic carbocycles. The van der Waals surface area contributed by atoms with Gasteiger partial charge in [-0.05, 0) is 64.7 Å². The van der Waals surface area contributed by atoms with Gasteiger partial charge in [-0.1, -0.05) is 6.07 Å². The van der Waals surface area contributed by atoms with Gasteiger partial charge in [0.15, 0.2) is 0 Å². The zero-order valence-corrected chi connectivity index (χ0v) is 17.6. The van der Waals surface area contributed by atoms with Crippen molar-refractivity contribution in [3.05, 3.63) is 51.5 Å². The minimum absolute atomic E-state index is 0.884. The van der Waals surface area contributed by atoms with Crippen molar-refractivity contribution in [2.45, 2.75) is 20.4 Å². The first-order chi connectivity index (χ1) is 12.5. The number of hydrogen-bond donors (Lipinski definition) is 0. The van der Waals surface area contributed by atoms with Crippen molar-refractivity contribution < 1.29 is 9.47 Å². The molecule has 3 rings (SSSR count). The molecule has 1 saturated heterocycles. The summed E-state index contributed by atoms with van der Waals surface area (Å²) in [5, 5.41) is 0. The lowest BCUT2D eigenvalue weighted by molar-refractivity contribution is 0.249. The summed E-state index contributed by atoms with van der Waals surface area (Å²) in [6, 6.07) is 10.6. The molecule has 0 atom stereocenters. The van der Waals surface area contributed by atoms with Crippen LogP contribution in [0.1, 0.15) is 16.7 Å². The predicted molar refractivity (Wildman–Crippen MR) is 111 cm³/mol. The van der Waals surface area contributed by atoms with Crippen LogP contribution in [0.3, 0.4) is 0 Å². The van der Waals surface area contributed by atoms with Crippen LogP contribution in [0, 0.1) is 13.8 Å². The second-order valence-corrected chi connectivity index (χ2v) is 7.61. The Bertz CT molecular complexity index is 771. The van der Waals surface area contributed by atoms with Crippen molar-refractivity contribution in [3.63, 3.8) is 0 Å². The SMILES string of the molecule is COc1cc(N2CCN(Cc3ccc(OC)c(C)c3C)CC2)ccc1Br. The Kier molecular flexibility index (Phi) is 6.09. The molecule has 1 heterocycles. The van der Waals surface area contributed by atoms with Crippen LogP contribution < -0.4 is 14.4 Å². The highest BCUT2D eigenvalue weighted by Gasteiger charge is 2.19. The average Bonchev–Trinajstić information content (AvgIpc) is 2.67. The summed E-state index contributed by atoms with van der Waals surface area (Å²) >= 11 is 3.52. The van der Waals surface area contributed by atoms with E-state index in [2.05, 4.69) is 69.9 Å². The number of piperazine rings is 1. The highest BCUT2D eigenvalue weighted by molar-refractivity contribution is 9.10. The van der Waals surface area contributed by atoms with Crippen molar-refractivity contribution in [2.24, 2.45) is 0 Å². The Hall–Kier alpha value is -1.72. The molecule has 1 aliphatic heterocycles. The Labute approximate surface area is 164 Å². The molecule has 0 aromatic heterocycles. The summed E-state index contributed by atoms with van der Waals surface area (Å²) in [5.74, 6) is 1.86. The molecule has 140 valence electrons. The standard InChI is InChI=1S/C21H27BrN2O2/c1-15-16(2)20(25-3)8-5-17(15)14-23-9-11-24(12-10-23)18-6-7-19(22)21(13-18)26-4/h5-8,13H,9-12,14H2,1-4H3. The number of halogens is 1. The fraction of sp³-hybridized carbons (Fsp3) is 0.429. The lowest BCUT2D eigenvalue weighted by Crippen LogP contribution is -2.46. The van der Waals surface area contributed by atoms with Crippen LogP contribution in [-0.2, 0) is 6.54 Å². The number of benzene rings is 2. The van der Waals surface area contributed by atoms with Gasteiger partial charge >= 0.3 is 0 Å². The van der Waals surface area contributed by atoms with Gasteiger partial charge in [-0.2, -0.15) is 0 Å². The minimum atomic E-state index is 0.884. The third-order valence-corrected chi connectivity index (χ3v) is 5.99. The summed E-state index contributed by atoms with van der Waals surface area (Å²) in [7, 11) is 3.44. The monoisotopic (exact) mass is 418 g/mol. The first-order valence-corrected chi connectivity index (χ1v) is 9.76. The van der Waals surface area contributed by atoms with Gasteiger partial charge in [0.25, 0.3) is 0 Å². The van der Waals surface area contributed by atoms with E-state index in [0.29, 0.717) is 0 Å². The van der Waals surface area contributed by atoms with Crippen molar-refractivity contribution in [1.29, 1.82) is 0 Å². The van der Waals surface area contributed by atoms with Gasteiger partial charge in [0.2, 0.25) is 0 Å². The van der Waals surface area contributed by atoms with Gasteiger partial charge in [0, 0.05) is 44.5 Å². The smallest absolute Gasteiger partial charge is 0.135 e. The second-order valence-electron chi connectivity index (χ2n) is 6.76. The minimum Gasteiger partial charge on any atom is -0.496 e. The predicted octanol–water partition coefficient (Wildman–Crippen LogP) is 4.41. The summed E-state index contributed by atoms with van der Waals surface area (Å²) in [5.41, 5.74) is 5.19. The van der Waals surface area contributed by atoms with Crippen molar-refractivity contribution in [2.75, 3.05) is 45.3 Å². The third-order valence-electron chi connectivity index (χ3n) is 5.34. The van der Waals surface area contributed by atoms with E-state index in [1.807, 2.05) is 0 Å². The maximum Gasteiger partial charge on any atom is 0.135 e. The number of anilines is 1. The Balaban J connectivity index is 1.63. The van der Waals surface area contributed by atoms with E-state index >= 15 is 0 Å². The maximum atomic E-state index is 5.43. The van der Waals surface area contributed by atoms with E-state index in [0.717, 1.165) is 48.7 Å².